The average Bonchev–Trinajstić information content (AvgIpc) is 3.33. The number of hydrogen-bond acceptors (Lipinski definition) is 6. The summed E-state index contributed by atoms with van der Waals surface area (Å²) in [5, 5.41) is 18.5. The van der Waals surface area contributed by atoms with Gasteiger partial charge in [-0.1, -0.05) is 11.3 Å². The Labute approximate surface area is 157 Å². The summed E-state index contributed by atoms with van der Waals surface area (Å²) in [7, 11) is 0. The van der Waals surface area contributed by atoms with Gasteiger partial charge in [0.25, 0.3) is 5.91 Å². The van der Waals surface area contributed by atoms with Crippen molar-refractivity contribution in [1.29, 1.82) is 0 Å². The average molecular weight is 386 g/mol. The highest BCUT2D eigenvalue weighted by Crippen LogP contribution is 2.25. The topological polar surface area (TPSA) is 127 Å². The van der Waals surface area contributed by atoms with Gasteiger partial charge in [-0.05, 0) is 42.5 Å². The summed E-state index contributed by atoms with van der Waals surface area (Å²) in [5.41, 5.74) is 1.04. The van der Waals surface area contributed by atoms with Gasteiger partial charge in [-0.2, -0.15) is 0 Å². The van der Waals surface area contributed by atoms with Crippen LogP contribution >= 0.6 is 11.3 Å². The highest BCUT2D eigenvalue weighted by atomic mass is 32.1. The van der Waals surface area contributed by atoms with Gasteiger partial charge in [0.15, 0.2) is 0 Å². The van der Waals surface area contributed by atoms with Gasteiger partial charge in [0.05, 0.1) is 22.6 Å². The molecule has 27 heavy (non-hydrogen) atoms. The lowest BCUT2D eigenvalue weighted by molar-refractivity contribution is -0.380. The van der Waals surface area contributed by atoms with Crippen LogP contribution < -0.4 is 16.0 Å². The second-order valence-corrected chi connectivity index (χ2v) is 6.38. The first kappa shape index (κ1) is 18.1. The molecule has 0 atom stereocenters. The summed E-state index contributed by atoms with van der Waals surface area (Å²) in [5.74, 6) is 0.196. The van der Waals surface area contributed by atoms with Gasteiger partial charge in [-0.15, -0.1) is 0 Å². The number of amides is 3. The summed E-state index contributed by atoms with van der Waals surface area (Å²) in [6.45, 7) is 0.264. The number of nitro groups is 1. The Morgan fingerprint density at radius 3 is 2.33 bits per heavy atom. The molecule has 0 spiro atoms. The minimum atomic E-state index is -0.543. The molecule has 3 aromatic rings. The number of anilines is 2. The fourth-order valence-corrected chi connectivity index (χ4v) is 2.85. The molecule has 0 bridgehead atoms. The Kier molecular flexibility index (Phi) is 5.47. The SMILES string of the molecule is O=C(NCc1ccco1)Nc1ccc(NC(=O)c2ccc([N+](=O)[O-])s2)cc1. The fourth-order valence-electron chi connectivity index (χ4n) is 2.13. The van der Waals surface area contributed by atoms with Crippen LogP contribution in [0, 0.1) is 10.1 Å². The van der Waals surface area contributed by atoms with E-state index in [0.29, 0.717) is 17.1 Å². The van der Waals surface area contributed by atoms with E-state index >= 15 is 0 Å². The number of thiophene rings is 1. The second kappa shape index (κ2) is 8.15. The van der Waals surface area contributed by atoms with Crippen molar-refractivity contribution >= 4 is 39.7 Å². The predicted molar refractivity (Wildman–Crippen MR) is 99.9 cm³/mol. The zero-order valence-electron chi connectivity index (χ0n) is 13.8. The van der Waals surface area contributed by atoms with Crippen LogP contribution in [-0.4, -0.2) is 16.9 Å². The molecule has 2 aromatic heterocycles. The number of carbonyl (C=O) groups is 2. The number of nitrogens with one attached hydrogen (secondary N) is 3. The van der Waals surface area contributed by atoms with E-state index in [0.717, 1.165) is 11.3 Å². The van der Waals surface area contributed by atoms with Crippen molar-refractivity contribution in [3.8, 4) is 0 Å². The van der Waals surface area contributed by atoms with E-state index in [1.807, 2.05) is 0 Å². The van der Waals surface area contributed by atoms with Gasteiger partial charge in [0, 0.05) is 17.4 Å². The molecule has 0 saturated heterocycles. The van der Waals surface area contributed by atoms with Crippen molar-refractivity contribution in [2.45, 2.75) is 6.54 Å². The summed E-state index contributed by atoms with van der Waals surface area (Å²) >= 11 is 0.800. The van der Waals surface area contributed by atoms with Gasteiger partial charge in [0.1, 0.15) is 5.76 Å². The minimum absolute atomic E-state index is 0.0970. The van der Waals surface area contributed by atoms with Gasteiger partial charge >= 0.3 is 11.0 Å². The lowest BCUT2D eigenvalue weighted by atomic mass is 10.2. The van der Waals surface area contributed by atoms with E-state index < -0.39 is 16.9 Å². The number of carbonyl (C=O) groups excluding carboxylic acids is 2. The smallest absolute Gasteiger partial charge is 0.324 e. The first-order valence-corrected chi connectivity index (χ1v) is 8.56. The molecule has 0 radical (unpaired) electrons. The zero-order chi connectivity index (χ0) is 19.2. The van der Waals surface area contributed by atoms with Gasteiger partial charge < -0.3 is 20.4 Å². The summed E-state index contributed by atoms with van der Waals surface area (Å²) in [6, 6.07) is 12.2. The molecule has 138 valence electrons. The van der Waals surface area contributed by atoms with Crippen LogP contribution in [0.1, 0.15) is 15.4 Å². The van der Waals surface area contributed by atoms with Crippen LogP contribution in [0.25, 0.3) is 0 Å². The van der Waals surface area contributed by atoms with E-state index in [9.17, 15) is 19.7 Å². The number of urea groups is 1. The molecule has 1 aromatic carbocycles. The molecule has 0 aliphatic rings. The van der Waals surface area contributed by atoms with Crippen LogP contribution in [-0.2, 0) is 6.54 Å². The zero-order valence-corrected chi connectivity index (χ0v) is 14.6. The Balaban J connectivity index is 1.52. The molecule has 3 rings (SSSR count). The molecule has 0 fully saturated rings. The summed E-state index contributed by atoms with van der Waals surface area (Å²) in [6.07, 6.45) is 1.52. The number of rotatable bonds is 6. The van der Waals surface area contributed by atoms with Crippen LogP contribution in [0.2, 0.25) is 0 Å². The fraction of sp³-hybridized carbons (Fsp3) is 0.0588. The third kappa shape index (κ3) is 4.92. The van der Waals surface area contributed by atoms with E-state index in [2.05, 4.69) is 16.0 Å². The van der Waals surface area contributed by atoms with Gasteiger partial charge in [-0.25, -0.2) is 4.79 Å². The Morgan fingerprint density at radius 2 is 1.74 bits per heavy atom. The third-order valence-corrected chi connectivity index (χ3v) is 4.44. The van der Waals surface area contributed by atoms with E-state index in [4.69, 9.17) is 4.42 Å². The van der Waals surface area contributed by atoms with Crippen molar-refractivity contribution in [2.75, 3.05) is 10.6 Å². The number of hydrogen-bond donors (Lipinski definition) is 3. The van der Waals surface area contributed by atoms with Crippen LogP contribution in [0.5, 0.6) is 0 Å². The third-order valence-electron chi connectivity index (χ3n) is 3.40. The van der Waals surface area contributed by atoms with E-state index in [1.54, 1.807) is 36.4 Å². The van der Waals surface area contributed by atoms with Crippen LogP contribution in [0.4, 0.5) is 21.2 Å². The molecular formula is C17H14N4O5S. The minimum Gasteiger partial charge on any atom is -0.467 e. The highest BCUT2D eigenvalue weighted by Gasteiger charge is 2.15. The lowest BCUT2D eigenvalue weighted by Crippen LogP contribution is -2.27. The highest BCUT2D eigenvalue weighted by molar-refractivity contribution is 7.17. The van der Waals surface area contributed by atoms with Crippen molar-refractivity contribution in [3.63, 3.8) is 0 Å². The molecule has 0 aliphatic heterocycles. The molecule has 3 amide bonds. The van der Waals surface area contributed by atoms with Crippen molar-refractivity contribution < 1.29 is 18.9 Å². The number of nitrogens with zero attached hydrogens (tertiary/aromatic N) is 1. The Bertz CT molecular complexity index is 950. The maximum Gasteiger partial charge on any atom is 0.324 e. The van der Waals surface area contributed by atoms with E-state index in [-0.39, 0.29) is 16.4 Å². The standard InChI is InChI=1S/C17H14N4O5S/c22-16(14-7-8-15(27-14)21(24)25)19-11-3-5-12(6-4-11)20-17(23)18-10-13-2-1-9-26-13/h1-9H,10H2,(H,19,22)(H2,18,20,23). The van der Waals surface area contributed by atoms with Crippen LogP contribution in [0.3, 0.4) is 0 Å². The molecular weight excluding hydrogens is 372 g/mol. The lowest BCUT2D eigenvalue weighted by Gasteiger charge is -2.08. The first-order chi connectivity index (χ1) is 13.0. The number of benzene rings is 1. The van der Waals surface area contributed by atoms with Crippen molar-refractivity contribution in [3.05, 3.63) is 75.5 Å². The Morgan fingerprint density at radius 1 is 1.04 bits per heavy atom. The predicted octanol–water partition coefficient (Wildman–Crippen LogP) is 3.82. The monoisotopic (exact) mass is 386 g/mol. The molecule has 0 aliphatic carbocycles. The first-order valence-electron chi connectivity index (χ1n) is 7.74. The summed E-state index contributed by atoms with van der Waals surface area (Å²) in [4.78, 5) is 34.3. The molecule has 3 N–H and O–H groups in total. The van der Waals surface area contributed by atoms with E-state index in [1.165, 1.54) is 18.4 Å². The van der Waals surface area contributed by atoms with Crippen LogP contribution in [0.15, 0.2) is 59.2 Å². The number of furan rings is 1. The quantitative estimate of drug-likeness (QED) is 0.438. The molecule has 10 heteroatoms. The maximum atomic E-state index is 12.1. The van der Waals surface area contributed by atoms with Crippen molar-refractivity contribution in [1.82, 2.24) is 5.32 Å². The molecule has 0 saturated carbocycles. The second-order valence-electron chi connectivity index (χ2n) is 5.31. The largest absolute Gasteiger partial charge is 0.467 e. The molecule has 0 unspecified atom stereocenters. The maximum absolute atomic E-state index is 12.1. The van der Waals surface area contributed by atoms with Gasteiger partial charge in [0.2, 0.25) is 0 Å². The summed E-state index contributed by atoms with van der Waals surface area (Å²) < 4.78 is 5.12. The Hall–Kier alpha value is -3.66. The van der Waals surface area contributed by atoms with Gasteiger partial charge in [-0.3, -0.25) is 14.9 Å². The molecule has 2 heterocycles. The molecule has 9 nitrogen and oxygen atoms in total. The normalized spacial score (nSPS) is 10.2. The van der Waals surface area contributed by atoms with Crippen molar-refractivity contribution in [2.24, 2.45) is 0 Å².